The number of hydrogen-bond donors (Lipinski definition) is 2. The van der Waals surface area contributed by atoms with Crippen molar-refractivity contribution in [3.63, 3.8) is 0 Å². The maximum Gasteiger partial charge on any atom is 0.258 e. The molecule has 0 atom stereocenters. The van der Waals surface area contributed by atoms with Gasteiger partial charge in [-0.25, -0.2) is 0 Å². The monoisotopic (exact) mass is 515 g/mol. The molecule has 0 saturated carbocycles. The summed E-state index contributed by atoms with van der Waals surface area (Å²) in [5.41, 5.74) is 2.58. The van der Waals surface area contributed by atoms with E-state index in [0.29, 0.717) is 16.8 Å². The van der Waals surface area contributed by atoms with Gasteiger partial charge in [0.1, 0.15) is 0 Å². The average molecular weight is 515 g/mol. The van der Waals surface area contributed by atoms with Gasteiger partial charge in [-0.1, -0.05) is 24.3 Å². The van der Waals surface area contributed by atoms with Gasteiger partial charge in [-0.2, -0.15) is 0 Å². The normalized spacial score (nSPS) is 10.1. The van der Waals surface area contributed by atoms with Crippen molar-refractivity contribution in [1.29, 1.82) is 0 Å². The van der Waals surface area contributed by atoms with Crippen LogP contribution >= 0.6 is 34.8 Å². The summed E-state index contributed by atoms with van der Waals surface area (Å²) in [6.07, 6.45) is 0. The van der Waals surface area contributed by atoms with E-state index in [1.54, 1.807) is 48.3 Å². The zero-order chi connectivity index (χ0) is 20.8. The Morgan fingerprint density at radius 1 is 0.897 bits per heavy atom. The molecule has 3 aromatic rings. The molecule has 0 heterocycles. The lowest BCUT2D eigenvalue weighted by Gasteiger charge is -2.17. The average Bonchev–Trinajstić information content (AvgIpc) is 2.73. The molecule has 29 heavy (non-hydrogen) atoms. The van der Waals surface area contributed by atoms with Crippen molar-refractivity contribution in [1.82, 2.24) is 5.32 Å². The smallest absolute Gasteiger partial charge is 0.258 e. The topological polar surface area (TPSA) is 61.4 Å². The minimum absolute atomic E-state index is 0.114. The molecule has 2 N–H and O–H groups in total. The van der Waals surface area contributed by atoms with Gasteiger partial charge in [0.05, 0.1) is 0 Å². The second-order valence-electron chi connectivity index (χ2n) is 6.20. The first kappa shape index (κ1) is 20.9. The number of hydrogen-bond acceptors (Lipinski definition) is 3. The van der Waals surface area contributed by atoms with Gasteiger partial charge in [0.25, 0.3) is 11.8 Å². The number of halogens is 1. The molecule has 0 aliphatic carbocycles. The van der Waals surface area contributed by atoms with Crippen molar-refractivity contribution in [2.75, 3.05) is 17.3 Å². The Morgan fingerprint density at radius 2 is 1.59 bits per heavy atom. The predicted molar refractivity (Wildman–Crippen MR) is 128 cm³/mol. The van der Waals surface area contributed by atoms with E-state index in [0.717, 1.165) is 9.26 Å². The lowest BCUT2D eigenvalue weighted by molar-refractivity contribution is 0.0974. The van der Waals surface area contributed by atoms with Gasteiger partial charge < -0.3 is 10.2 Å². The molecule has 0 aromatic heterocycles. The molecule has 3 rings (SSSR count). The Morgan fingerprint density at radius 3 is 2.24 bits per heavy atom. The van der Waals surface area contributed by atoms with Crippen LogP contribution in [-0.2, 0) is 0 Å². The highest BCUT2D eigenvalue weighted by Gasteiger charge is 2.13. The van der Waals surface area contributed by atoms with Crippen LogP contribution in [0.4, 0.5) is 11.4 Å². The largest absolute Gasteiger partial charge is 0.332 e. The number of carbonyl (C=O) groups is 2. The first-order valence-electron chi connectivity index (χ1n) is 8.75. The predicted octanol–water partition coefficient (Wildman–Crippen LogP) is 4.69. The van der Waals surface area contributed by atoms with Gasteiger partial charge in [-0.15, -0.1) is 0 Å². The van der Waals surface area contributed by atoms with Crippen LogP contribution in [0.2, 0.25) is 0 Å². The quantitative estimate of drug-likeness (QED) is 0.391. The van der Waals surface area contributed by atoms with Crippen molar-refractivity contribution in [3.05, 3.63) is 93.6 Å². The number of anilines is 2. The fourth-order valence-corrected chi connectivity index (χ4v) is 3.38. The standard InChI is InChI=1S/C22H18IN3O2S/c1-26(19-8-3-2-4-9-19)21(28)15-10-12-18(13-11-15)24-22(29)25-20(27)16-6-5-7-17(23)14-16/h2-14H,1H3,(H2,24,25,27,29). The number of carbonyl (C=O) groups excluding carboxylic acids is 2. The maximum atomic E-state index is 12.6. The number of para-hydroxylation sites is 1. The Kier molecular flexibility index (Phi) is 6.95. The van der Waals surface area contributed by atoms with E-state index < -0.39 is 0 Å². The van der Waals surface area contributed by atoms with Crippen LogP contribution in [0.1, 0.15) is 20.7 Å². The van der Waals surface area contributed by atoms with Gasteiger partial charge >= 0.3 is 0 Å². The van der Waals surface area contributed by atoms with Crippen LogP contribution in [-0.4, -0.2) is 24.0 Å². The summed E-state index contributed by atoms with van der Waals surface area (Å²) in [5.74, 6) is -0.394. The van der Waals surface area contributed by atoms with Crippen LogP contribution < -0.4 is 15.5 Å². The van der Waals surface area contributed by atoms with Crippen LogP contribution in [0.25, 0.3) is 0 Å². The second kappa shape index (κ2) is 9.62. The Hall–Kier alpha value is -2.78. The van der Waals surface area contributed by atoms with Gasteiger partial charge in [0, 0.05) is 33.1 Å². The fraction of sp³-hybridized carbons (Fsp3) is 0.0455. The second-order valence-corrected chi connectivity index (χ2v) is 7.85. The van der Waals surface area contributed by atoms with E-state index in [9.17, 15) is 9.59 Å². The number of thiocarbonyl (C=S) groups is 1. The third-order valence-electron chi connectivity index (χ3n) is 4.15. The Balaban J connectivity index is 1.60. The SMILES string of the molecule is CN(C(=O)c1ccc(NC(=S)NC(=O)c2cccc(I)c2)cc1)c1ccccc1. The number of nitrogens with zero attached hydrogens (tertiary/aromatic N) is 1. The Labute approximate surface area is 188 Å². The van der Waals surface area contributed by atoms with E-state index in [1.165, 1.54) is 0 Å². The van der Waals surface area contributed by atoms with E-state index >= 15 is 0 Å². The summed E-state index contributed by atoms with van der Waals surface area (Å²) in [6.45, 7) is 0. The van der Waals surface area contributed by atoms with E-state index in [-0.39, 0.29) is 16.9 Å². The summed E-state index contributed by atoms with van der Waals surface area (Å²) < 4.78 is 0.967. The molecule has 7 heteroatoms. The molecule has 146 valence electrons. The molecule has 5 nitrogen and oxygen atoms in total. The first-order chi connectivity index (χ1) is 13.9. The van der Waals surface area contributed by atoms with Crippen molar-refractivity contribution in [2.24, 2.45) is 0 Å². The molecule has 0 aliphatic heterocycles. The van der Waals surface area contributed by atoms with Gasteiger partial charge in [0.15, 0.2) is 5.11 Å². The highest BCUT2D eigenvalue weighted by Crippen LogP contribution is 2.16. The molecular weight excluding hydrogens is 497 g/mol. The van der Waals surface area contributed by atoms with Gasteiger partial charge in [-0.3, -0.25) is 14.9 Å². The molecule has 3 aromatic carbocycles. The summed E-state index contributed by atoms with van der Waals surface area (Å²) in [4.78, 5) is 26.5. The number of benzene rings is 3. The number of nitrogens with one attached hydrogen (secondary N) is 2. The zero-order valence-corrected chi connectivity index (χ0v) is 18.5. The zero-order valence-electron chi connectivity index (χ0n) is 15.6. The highest BCUT2D eigenvalue weighted by molar-refractivity contribution is 14.1. The maximum absolute atomic E-state index is 12.6. The van der Waals surface area contributed by atoms with Crippen molar-refractivity contribution >= 4 is 63.1 Å². The number of amides is 2. The molecule has 0 radical (unpaired) electrons. The van der Waals surface area contributed by atoms with Crippen molar-refractivity contribution < 1.29 is 9.59 Å². The van der Waals surface area contributed by atoms with Gasteiger partial charge in [-0.05, 0) is 89.4 Å². The molecular formula is C22H18IN3O2S. The van der Waals surface area contributed by atoms with Crippen molar-refractivity contribution in [3.8, 4) is 0 Å². The summed E-state index contributed by atoms with van der Waals surface area (Å²) in [6, 6.07) is 23.6. The number of rotatable bonds is 4. The summed E-state index contributed by atoms with van der Waals surface area (Å²) in [7, 11) is 1.74. The minimum atomic E-state index is -0.280. The summed E-state index contributed by atoms with van der Waals surface area (Å²) in [5, 5.41) is 5.80. The lowest BCUT2D eigenvalue weighted by Crippen LogP contribution is -2.34. The Bertz CT molecular complexity index is 1040. The molecule has 0 fully saturated rings. The van der Waals surface area contributed by atoms with Crippen LogP contribution in [0.3, 0.4) is 0 Å². The minimum Gasteiger partial charge on any atom is -0.332 e. The molecule has 0 saturated heterocycles. The van der Waals surface area contributed by atoms with Crippen molar-refractivity contribution in [2.45, 2.75) is 0 Å². The van der Waals surface area contributed by atoms with E-state index in [1.807, 2.05) is 42.5 Å². The van der Waals surface area contributed by atoms with Gasteiger partial charge in [0.2, 0.25) is 0 Å². The third kappa shape index (κ3) is 5.61. The van der Waals surface area contributed by atoms with E-state index in [2.05, 4.69) is 33.2 Å². The molecule has 0 spiro atoms. The highest BCUT2D eigenvalue weighted by atomic mass is 127. The molecule has 2 amide bonds. The molecule has 0 bridgehead atoms. The fourth-order valence-electron chi connectivity index (χ4n) is 2.63. The molecule has 0 aliphatic rings. The van der Waals surface area contributed by atoms with Crippen LogP contribution in [0.5, 0.6) is 0 Å². The third-order valence-corrected chi connectivity index (χ3v) is 5.03. The first-order valence-corrected chi connectivity index (χ1v) is 10.2. The van der Waals surface area contributed by atoms with Crippen LogP contribution in [0.15, 0.2) is 78.9 Å². The van der Waals surface area contributed by atoms with E-state index in [4.69, 9.17) is 12.2 Å². The molecule has 0 unspecified atom stereocenters. The summed E-state index contributed by atoms with van der Waals surface area (Å²) >= 11 is 7.36. The lowest BCUT2D eigenvalue weighted by atomic mass is 10.1. The van der Waals surface area contributed by atoms with Crippen LogP contribution in [0, 0.1) is 3.57 Å².